The zero-order valence-corrected chi connectivity index (χ0v) is 19.5. The number of nitro benzene ring substituents is 1. The van der Waals surface area contributed by atoms with Gasteiger partial charge in [-0.1, -0.05) is 11.2 Å². The highest BCUT2D eigenvalue weighted by atomic mass is 16.7. The van der Waals surface area contributed by atoms with E-state index in [-0.39, 0.29) is 11.4 Å². The number of fused-ring (bicyclic) bond motifs is 3. The number of carbonyl (C=O) groups is 1. The fraction of sp³-hybridized carbons (Fsp3) is 0.115. The van der Waals surface area contributed by atoms with Gasteiger partial charge in [-0.25, -0.2) is 14.3 Å². The molecule has 36 heavy (non-hydrogen) atoms. The van der Waals surface area contributed by atoms with E-state index < -0.39 is 11.0 Å². The third kappa shape index (κ3) is 3.94. The zero-order valence-electron chi connectivity index (χ0n) is 19.5. The van der Waals surface area contributed by atoms with E-state index in [1.165, 1.54) is 30.9 Å². The number of phenolic OH excluding ortho intramolecular Hbond substituents is 1. The molecular weight excluding hydrogens is 462 g/mol. The molecule has 0 atom stereocenters. The first kappa shape index (κ1) is 22.8. The number of nitrogens with zero attached hydrogens (tertiary/aromatic N) is 5. The van der Waals surface area contributed by atoms with Gasteiger partial charge < -0.3 is 9.67 Å². The minimum Gasteiger partial charge on any atom is -0.508 e. The summed E-state index contributed by atoms with van der Waals surface area (Å²) < 4.78 is 3.24. The number of aromatic nitrogens is 3. The molecule has 0 saturated carbocycles. The summed E-state index contributed by atoms with van der Waals surface area (Å²) in [6, 6.07) is 15.3. The zero-order chi connectivity index (χ0) is 25.4. The lowest BCUT2D eigenvalue weighted by molar-refractivity contribution is -0.384. The minimum absolute atomic E-state index is 0.000544. The number of oxime groups is 1. The molecule has 5 rings (SSSR count). The van der Waals surface area contributed by atoms with E-state index in [0.717, 1.165) is 31.9 Å². The number of benzene rings is 3. The molecule has 2 heterocycles. The highest BCUT2D eigenvalue weighted by Gasteiger charge is 2.18. The maximum absolute atomic E-state index is 12.4. The number of rotatable bonds is 5. The third-order valence-electron chi connectivity index (χ3n) is 6.04. The van der Waals surface area contributed by atoms with E-state index >= 15 is 0 Å². The number of phenols is 1. The van der Waals surface area contributed by atoms with Crippen LogP contribution in [0.25, 0.3) is 21.8 Å². The summed E-state index contributed by atoms with van der Waals surface area (Å²) in [5, 5.41) is 27.1. The largest absolute Gasteiger partial charge is 0.508 e. The Bertz CT molecular complexity index is 1670. The molecular formula is C26H21N5O5. The monoisotopic (exact) mass is 483 g/mol. The lowest BCUT2D eigenvalue weighted by atomic mass is 9.97. The van der Waals surface area contributed by atoms with E-state index in [0.29, 0.717) is 23.4 Å². The van der Waals surface area contributed by atoms with Crippen molar-refractivity contribution in [2.75, 3.05) is 0 Å². The van der Waals surface area contributed by atoms with Crippen LogP contribution in [0.2, 0.25) is 0 Å². The summed E-state index contributed by atoms with van der Waals surface area (Å²) in [4.78, 5) is 32.5. The van der Waals surface area contributed by atoms with Crippen LogP contribution in [0, 0.1) is 17.0 Å². The molecule has 0 aliphatic rings. The first-order chi connectivity index (χ1) is 17.4. The summed E-state index contributed by atoms with van der Waals surface area (Å²) in [5.41, 5.74) is 4.16. The lowest BCUT2D eigenvalue weighted by Crippen LogP contribution is -2.12. The number of nitro groups is 1. The Kier molecular flexibility index (Phi) is 5.69. The Hall–Kier alpha value is -4.99. The van der Waals surface area contributed by atoms with Crippen LogP contribution in [0.1, 0.15) is 23.6 Å². The average Bonchev–Trinajstić information content (AvgIpc) is 3.51. The fourth-order valence-electron chi connectivity index (χ4n) is 4.36. The SMILES string of the molecule is CCn1c2ccc(/C(=N/OC(=O)n3ccnc3)c3ccc(O)cc3C)cc2c2cc([N+](=O)[O-])ccc21. The minimum atomic E-state index is -0.735. The van der Waals surface area contributed by atoms with Crippen LogP contribution >= 0.6 is 0 Å². The van der Waals surface area contributed by atoms with Gasteiger partial charge in [0, 0.05) is 64.0 Å². The van der Waals surface area contributed by atoms with Crippen molar-refractivity contribution in [3.05, 3.63) is 100 Å². The van der Waals surface area contributed by atoms with Crippen molar-refractivity contribution in [3.8, 4) is 5.75 Å². The number of aryl methyl sites for hydroxylation is 2. The van der Waals surface area contributed by atoms with Crippen molar-refractivity contribution >= 4 is 39.3 Å². The summed E-state index contributed by atoms with van der Waals surface area (Å²) in [6.45, 7) is 4.50. The average molecular weight is 483 g/mol. The standard InChI is InChI=1S/C26H21N5O5/c1-3-30-23-8-4-17(13-21(23)22-14-18(31(34)35)5-9-24(22)30)25(20-7-6-19(32)12-16(20)2)28-36-26(33)29-11-10-27-15-29/h4-15,32H,3H2,1-2H3/b28-25-. The smallest absolute Gasteiger partial charge is 0.445 e. The Morgan fingerprint density at radius 2 is 1.86 bits per heavy atom. The summed E-state index contributed by atoms with van der Waals surface area (Å²) >= 11 is 0. The number of non-ortho nitro benzene ring substituents is 1. The molecule has 0 aliphatic heterocycles. The Balaban J connectivity index is 1.71. The van der Waals surface area contributed by atoms with Crippen LogP contribution in [0.5, 0.6) is 5.75 Å². The molecule has 2 aromatic heterocycles. The molecule has 0 spiro atoms. The van der Waals surface area contributed by atoms with Crippen LogP contribution in [0.15, 0.2) is 78.5 Å². The van der Waals surface area contributed by atoms with Gasteiger partial charge in [0.25, 0.3) is 5.69 Å². The maximum Gasteiger partial charge on any atom is 0.445 e. The fourth-order valence-corrected chi connectivity index (χ4v) is 4.36. The van der Waals surface area contributed by atoms with Crippen LogP contribution in [0.4, 0.5) is 10.5 Å². The van der Waals surface area contributed by atoms with Gasteiger partial charge in [-0.2, -0.15) is 0 Å². The molecule has 3 aromatic carbocycles. The molecule has 180 valence electrons. The molecule has 0 radical (unpaired) electrons. The molecule has 5 aromatic rings. The first-order valence-electron chi connectivity index (χ1n) is 11.2. The van der Waals surface area contributed by atoms with Crippen LogP contribution in [0.3, 0.4) is 0 Å². The van der Waals surface area contributed by atoms with Crippen LogP contribution in [-0.2, 0) is 11.4 Å². The van der Waals surface area contributed by atoms with Gasteiger partial charge in [0.15, 0.2) is 0 Å². The van der Waals surface area contributed by atoms with Gasteiger partial charge in [-0.15, -0.1) is 0 Å². The molecule has 0 saturated heterocycles. The highest BCUT2D eigenvalue weighted by molar-refractivity contribution is 6.17. The van der Waals surface area contributed by atoms with E-state index in [1.54, 1.807) is 24.3 Å². The number of hydrogen-bond acceptors (Lipinski definition) is 7. The second-order valence-corrected chi connectivity index (χ2v) is 8.20. The number of hydrogen-bond donors (Lipinski definition) is 1. The van der Waals surface area contributed by atoms with Gasteiger partial charge >= 0.3 is 6.09 Å². The van der Waals surface area contributed by atoms with Gasteiger partial charge in [0.2, 0.25) is 0 Å². The normalized spacial score (nSPS) is 11.8. The second kappa shape index (κ2) is 8.99. The summed E-state index contributed by atoms with van der Waals surface area (Å²) in [6.07, 6.45) is 3.47. The Morgan fingerprint density at radius 1 is 1.11 bits per heavy atom. The summed E-state index contributed by atoms with van der Waals surface area (Å²) in [5.74, 6) is 0.0970. The molecule has 0 unspecified atom stereocenters. The predicted molar refractivity (Wildman–Crippen MR) is 134 cm³/mol. The van der Waals surface area contributed by atoms with Gasteiger partial charge in [-0.05, 0) is 55.8 Å². The van der Waals surface area contributed by atoms with Crippen LogP contribution < -0.4 is 0 Å². The molecule has 10 nitrogen and oxygen atoms in total. The van der Waals surface area contributed by atoms with E-state index in [1.807, 2.05) is 32.0 Å². The Morgan fingerprint density at radius 3 is 2.53 bits per heavy atom. The molecule has 0 aliphatic carbocycles. The van der Waals surface area contributed by atoms with E-state index in [2.05, 4.69) is 14.7 Å². The van der Waals surface area contributed by atoms with Crippen molar-refractivity contribution in [1.29, 1.82) is 0 Å². The van der Waals surface area contributed by atoms with Crippen molar-refractivity contribution in [2.24, 2.45) is 5.16 Å². The number of aromatic hydroxyl groups is 1. The van der Waals surface area contributed by atoms with Gasteiger partial charge in [0.1, 0.15) is 17.8 Å². The van der Waals surface area contributed by atoms with Crippen molar-refractivity contribution in [2.45, 2.75) is 20.4 Å². The molecule has 0 amide bonds. The number of imidazole rings is 1. The second-order valence-electron chi connectivity index (χ2n) is 8.20. The topological polar surface area (TPSA) is 125 Å². The maximum atomic E-state index is 12.4. The number of carbonyl (C=O) groups excluding carboxylic acids is 1. The van der Waals surface area contributed by atoms with Gasteiger partial charge in [-0.3, -0.25) is 15.0 Å². The molecule has 0 fully saturated rings. The molecule has 0 bridgehead atoms. The van der Waals surface area contributed by atoms with Crippen molar-refractivity contribution < 1.29 is 19.7 Å². The van der Waals surface area contributed by atoms with E-state index in [9.17, 15) is 20.0 Å². The Labute approximate surface area is 204 Å². The van der Waals surface area contributed by atoms with Crippen LogP contribution in [-0.4, -0.2) is 36.0 Å². The van der Waals surface area contributed by atoms with E-state index in [4.69, 9.17) is 4.84 Å². The van der Waals surface area contributed by atoms with Crippen molar-refractivity contribution in [1.82, 2.24) is 14.1 Å². The van der Waals surface area contributed by atoms with Gasteiger partial charge in [0.05, 0.1) is 4.92 Å². The summed E-state index contributed by atoms with van der Waals surface area (Å²) in [7, 11) is 0. The molecule has 1 N–H and O–H groups in total. The highest BCUT2D eigenvalue weighted by Crippen LogP contribution is 2.33. The quantitative estimate of drug-likeness (QED) is 0.155. The first-order valence-corrected chi connectivity index (χ1v) is 11.2. The predicted octanol–water partition coefficient (Wildman–Crippen LogP) is 5.37. The van der Waals surface area contributed by atoms with Crippen molar-refractivity contribution in [3.63, 3.8) is 0 Å². The third-order valence-corrected chi connectivity index (χ3v) is 6.04. The molecule has 10 heteroatoms. The lowest BCUT2D eigenvalue weighted by Gasteiger charge is -2.11.